The Morgan fingerprint density at radius 3 is 2.68 bits per heavy atom. The van der Waals surface area contributed by atoms with Crippen LogP contribution >= 0.6 is 15.9 Å². The summed E-state index contributed by atoms with van der Waals surface area (Å²) in [6.45, 7) is 5.15. The van der Waals surface area contributed by atoms with Gasteiger partial charge >= 0.3 is 6.09 Å². The maximum Gasteiger partial charge on any atom is 0.412 e. The van der Waals surface area contributed by atoms with Crippen molar-refractivity contribution in [3.05, 3.63) is 28.2 Å². The molecule has 1 aromatic rings. The Labute approximate surface area is 121 Å². The molecule has 0 saturated carbocycles. The van der Waals surface area contributed by atoms with Crippen molar-refractivity contribution in [1.82, 2.24) is 0 Å². The number of anilines is 1. The smallest absolute Gasteiger partial charge is 0.412 e. The van der Waals surface area contributed by atoms with E-state index in [0.717, 1.165) is 4.47 Å². The van der Waals surface area contributed by atoms with Crippen LogP contribution in [-0.2, 0) is 4.74 Å². The number of rotatable bonds is 3. The highest BCUT2D eigenvalue weighted by atomic mass is 79.9. The van der Waals surface area contributed by atoms with E-state index in [1.54, 1.807) is 39.0 Å². The summed E-state index contributed by atoms with van der Waals surface area (Å²) in [6.07, 6.45) is -0.558. The fourth-order valence-corrected chi connectivity index (χ4v) is 1.83. The molecule has 0 spiro atoms. The molecular formula is C13H19BrN2O3. The summed E-state index contributed by atoms with van der Waals surface area (Å²) in [5.41, 5.74) is 6.38. The SMILES string of the molecule is CC(C)(C)OC(=O)Nc1cc(Br)ccc1[C@@H](N)CO. The van der Waals surface area contributed by atoms with E-state index < -0.39 is 17.7 Å². The van der Waals surface area contributed by atoms with E-state index in [-0.39, 0.29) is 6.61 Å². The molecule has 0 aliphatic carbocycles. The number of hydrogen-bond donors (Lipinski definition) is 3. The topological polar surface area (TPSA) is 84.6 Å². The van der Waals surface area contributed by atoms with Crippen LogP contribution in [0.3, 0.4) is 0 Å². The second kappa shape index (κ2) is 6.36. The van der Waals surface area contributed by atoms with Gasteiger partial charge in [-0.15, -0.1) is 0 Å². The fourth-order valence-electron chi connectivity index (χ4n) is 1.47. The second-order valence-electron chi connectivity index (χ2n) is 5.15. The molecule has 1 aromatic carbocycles. The Bertz CT molecular complexity index is 458. The van der Waals surface area contributed by atoms with Gasteiger partial charge in [-0.05, 0) is 38.5 Å². The summed E-state index contributed by atoms with van der Waals surface area (Å²) < 4.78 is 5.98. The number of aliphatic hydroxyl groups excluding tert-OH is 1. The molecule has 5 nitrogen and oxygen atoms in total. The standard InChI is InChI=1S/C13H19BrN2O3/c1-13(2,3)19-12(18)16-11-6-8(14)4-5-9(11)10(15)7-17/h4-6,10,17H,7,15H2,1-3H3,(H,16,18)/t10-/m0/s1. The Kier molecular flexibility index (Phi) is 5.34. The van der Waals surface area contributed by atoms with Crippen molar-refractivity contribution in [3.8, 4) is 0 Å². The first-order valence-corrected chi connectivity index (χ1v) is 6.68. The van der Waals surface area contributed by atoms with Crippen molar-refractivity contribution in [1.29, 1.82) is 0 Å². The fraction of sp³-hybridized carbons (Fsp3) is 0.462. The molecule has 0 radical (unpaired) electrons. The third-order valence-electron chi connectivity index (χ3n) is 2.25. The molecule has 0 saturated heterocycles. The van der Waals surface area contributed by atoms with Crippen molar-refractivity contribution in [2.45, 2.75) is 32.4 Å². The van der Waals surface area contributed by atoms with E-state index in [1.165, 1.54) is 0 Å². The number of carbonyl (C=O) groups is 1. The maximum absolute atomic E-state index is 11.8. The van der Waals surface area contributed by atoms with Gasteiger partial charge in [0.25, 0.3) is 0 Å². The van der Waals surface area contributed by atoms with Crippen molar-refractivity contribution >= 4 is 27.7 Å². The van der Waals surface area contributed by atoms with Crippen LogP contribution < -0.4 is 11.1 Å². The average molecular weight is 331 g/mol. The number of ether oxygens (including phenoxy) is 1. The normalized spacial score (nSPS) is 12.9. The second-order valence-corrected chi connectivity index (χ2v) is 6.06. The quantitative estimate of drug-likeness (QED) is 0.795. The van der Waals surface area contributed by atoms with Gasteiger partial charge in [-0.3, -0.25) is 5.32 Å². The van der Waals surface area contributed by atoms with Gasteiger partial charge in [-0.2, -0.15) is 0 Å². The zero-order valence-corrected chi connectivity index (χ0v) is 12.8. The maximum atomic E-state index is 11.8. The molecule has 0 bridgehead atoms. The third-order valence-corrected chi connectivity index (χ3v) is 2.74. The molecular weight excluding hydrogens is 312 g/mol. The number of halogens is 1. The number of benzene rings is 1. The van der Waals surface area contributed by atoms with Gasteiger partial charge in [0.2, 0.25) is 0 Å². The van der Waals surface area contributed by atoms with Crippen molar-refractivity contribution < 1.29 is 14.6 Å². The lowest BCUT2D eigenvalue weighted by Gasteiger charge is -2.21. The minimum Gasteiger partial charge on any atom is -0.444 e. The number of hydrogen-bond acceptors (Lipinski definition) is 4. The van der Waals surface area contributed by atoms with E-state index >= 15 is 0 Å². The van der Waals surface area contributed by atoms with Gasteiger partial charge in [0.15, 0.2) is 0 Å². The third kappa shape index (κ3) is 5.18. The molecule has 0 aromatic heterocycles. The first kappa shape index (κ1) is 15.9. The molecule has 0 aliphatic heterocycles. The van der Waals surface area contributed by atoms with E-state index in [4.69, 9.17) is 15.6 Å². The van der Waals surface area contributed by atoms with Crippen LogP contribution in [0, 0.1) is 0 Å². The lowest BCUT2D eigenvalue weighted by atomic mass is 10.1. The highest BCUT2D eigenvalue weighted by Gasteiger charge is 2.18. The molecule has 4 N–H and O–H groups in total. The van der Waals surface area contributed by atoms with Crippen molar-refractivity contribution in [2.75, 3.05) is 11.9 Å². The van der Waals surface area contributed by atoms with Gasteiger partial charge in [-0.1, -0.05) is 22.0 Å². The van der Waals surface area contributed by atoms with Crippen molar-refractivity contribution in [2.24, 2.45) is 5.73 Å². The van der Waals surface area contributed by atoms with Crippen LogP contribution in [0.15, 0.2) is 22.7 Å². The molecule has 0 unspecified atom stereocenters. The Hall–Kier alpha value is -1.11. The Morgan fingerprint density at radius 2 is 2.16 bits per heavy atom. The summed E-state index contributed by atoms with van der Waals surface area (Å²) in [5, 5.41) is 11.8. The molecule has 1 rings (SSSR count). The van der Waals surface area contributed by atoms with Crippen LogP contribution in [0.5, 0.6) is 0 Å². The summed E-state index contributed by atoms with van der Waals surface area (Å²) in [5.74, 6) is 0. The lowest BCUT2D eigenvalue weighted by molar-refractivity contribution is 0.0635. The van der Waals surface area contributed by atoms with Crippen LogP contribution in [0.4, 0.5) is 10.5 Å². The predicted molar refractivity (Wildman–Crippen MR) is 78.0 cm³/mol. The molecule has 106 valence electrons. The van der Waals surface area contributed by atoms with Gasteiger partial charge in [-0.25, -0.2) is 4.79 Å². The Balaban J connectivity index is 2.93. The van der Waals surface area contributed by atoms with Crippen LogP contribution in [0.1, 0.15) is 32.4 Å². The van der Waals surface area contributed by atoms with Crippen LogP contribution in [0.2, 0.25) is 0 Å². The molecule has 19 heavy (non-hydrogen) atoms. The summed E-state index contributed by atoms with van der Waals surface area (Å²) in [4.78, 5) is 11.8. The predicted octanol–water partition coefficient (Wildman–Crippen LogP) is 2.79. The first-order chi connectivity index (χ1) is 8.73. The largest absolute Gasteiger partial charge is 0.444 e. The molecule has 6 heteroatoms. The minimum absolute atomic E-state index is 0.204. The van der Waals surface area contributed by atoms with Gasteiger partial charge < -0.3 is 15.6 Å². The number of nitrogens with two attached hydrogens (primary N) is 1. The van der Waals surface area contributed by atoms with Crippen LogP contribution in [0.25, 0.3) is 0 Å². The molecule has 0 aliphatic rings. The number of nitrogens with one attached hydrogen (secondary N) is 1. The number of amides is 1. The number of aliphatic hydroxyl groups is 1. The highest BCUT2D eigenvalue weighted by molar-refractivity contribution is 9.10. The Morgan fingerprint density at radius 1 is 1.53 bits per heavy atom. The van der Waals surface area contributed by atoms with Gasteiger partial charge in [0, 0.05) is 10.2 Å². The van der Waals surface area contributed by atoms with Crippen molar-refractivity contribution in [3.63, 3.8) is 0 Å². The molecule has 0 heterocycles. The number of carbonyl (C=O) groups excluding carboxylic acids is 1. The van der Waals surface area contributed by atoms with Gasteiger partial charge in [0.1, 0.15) is 5.60 Å². The summed E-state index contributed by atoms with van der Waals surface area (Å²) in [7, 11) is 0. The zero-order valence-electron chi connectivity index (χ0n) is 11.2. The van der Waals surface area contributed by atoms with Gasteiger partial charge in [0.05, 0.1) is 12.6 Å². The summed E-state index contributed by atoms with van der Waals surface area (Å²) in [6, 6.07) is 4.70. The minimum atomic E-state index is -0.574. The van der Waals surface area contributed by atoms with E-state index in [9.17, 15) is 4.79 Å². The van der Waals surface area contributed by atoms with E-state index in [0.29, 0.717) is 11.3 Å². The molecule has 1 atom stereocenters. The summed E-state index contributed by atoms with van der Waals surface area (Å²) >= 11 is 3.32. The molecule has 1 amide bonds. The zero-order chi connectivity index (χ0) is 14.6. The van der Waals surface area contributed by atoms with E-state index in [2.05, 4.69) is 21.2 Å². The first-order valence-electron chi connectivity index (χ1n) is 5.89. The van der Waals surface area contributed by atoms with E-state index in [1.807, 2.05) is 0 Å². The highest BCUT2D eigenvalue weighted by Crippen LogP contribution is 2.26. The monoisotopic (exact) mass is 330 g/mol. The van der Waals surface area contributed by atoms with Crippen LogP contribution in [-0.4, -0.2) is 23.4 Å². The average Bonchev–Trinajstić information content (AvgIpc) is 2.25. The molecule has 0 fully saturated rings. The lowest BCUT2D eigenvalue weighted by Crippen LogP contribution is -2.28.